The Bertz CT molecular complexity index is 689. The molecule has 116 valence electrons. The normalized spacial score (nSPS) is 18.3. The number of amides is 1. The summed E-state index contributed by atoms with van der Waals surface area (Å²) in [6, 6.07) is 6.99. The molecule has 0 saturated heterocycles. The van der Waals surface area contributed by atoms with E-state index < -0.39 is 11.8 Å². The number of aromatic nitrogens is 1. The summed E-state index contributed by atoms with van der Waals surface area (Å²) in [5.74, 6) is -2.90. The molecule has 1 aliphatic carbocycles. The van der Waals surface area contributed by atoms with Crippen LogP contribution >= 0.6 is 11.3 Å². The molecule has 0 atom stereocenters. The maximum absolute atomic E-state index is 13.2. The number of rotatable bonds is 3. The zero-order valence-corrected chi connectivity index (χ0v) is 12.7. The third-order valence-corrected chi connectivity index (χ3v) is 4.96. The molecule has 0 unspecified atom stereocenters. The van der Waals surface area contributed by atoms with E-state index in [9.17, 15) is 13.6 Å². The predicted octanol–water partition coefficient (Wildman–Crippen LogP) is 4.20. The van der Waals surface area contributed by atoms with Gasteiger partial charge in [0.2, 0.25) is 11.8 Å². The zero-order valence-electron chi connectivity index (χ0n) is 11.9. The van der Waals surface area contributed by atoms with Gasteiger partial charge in [0.1, 0.15) is 5.01 Å². The van der Waals surface area contributed by atoms with Crippen molar-refractivity contribution < 1.29 is 13.6 Å². The SMILES string of the molecule is NC(=O)c1cccc(-c2nc(C3CCC(F)(F)CC3)cs2)c1. The van der Waals surface area contributed by atoms with Crippen molar-refractivity contribution in [1.82, 2.24) is 4.98 Å². The summed E-state index contributed by atoms with van der Waals surface area (Å²) in [6.07, 6.45) is 0.804. The van der Waals surface area contributed by atoms with E-state index in [1.54, 1.807) is 18.2 Å². The van der Waals surface area contributed by atoms with Crippen LogP contribution in [-0.2, 0) is 0 Å². The van der Waals surface area contributed by atoms with Crippen molar-refractivity contribution in [2.75, 3.05) is 0 Å². The molecule has 2 N–H and O–H groups in total. The average Bonchev–Trinajstić information content (AvgIpc) is 2.97. The van der Waals surface area contributed by atoms with E-state index in [4.69, 9.17) is 5.73 Å². The summed E-state index contributed by atoms with van der Waals surface area (Å²) < 4.78 is 26.4. The molecular weight excluding hydrogens is 306 g/mol. The minimum absolute atomic E-state index is 0.0678. The second-order valence-electron chi connectivity index (χ2n) is 5.65. The second-order valence-corrected chi connectivity index (χ2v) is 6.51. The summed E-state index contributed by atoms with van der Waals surface area (Å²) in [5.41, 5.74) is 7.42. The highest BCUT2D eigenvalue weighted by Gasteiger charge is 2.36. The Morgan fingerprint density at radius 3 is 2.73 bits per heavy atom. The Kier molecular flexibility index (Phi) is 3.95. The first-order valence-corrected chi connectivity index (χ1v) is 8.06. The summed E-state index contributed by atoms with van der Waals surface area (Å²) >= 11 is 1.47. The molecule has 22 heavy (non-hydrogen) atoms. The van der Waals surface area contributed by atoms with E-state index in [-0.39, 0.29) is 18.8 Å². The van der Waals surface area contributed by atoms with Crippen molar-refractivity contribution in [2.45, 2.75) is 37.5 Å². The molecule has 1 amide bonds. The fourth-order valence-electron chi connectivity index (χ4n) is 2.75. The lowest BCUT2D eigenvalue weighted by molar-refractivity contribution is -0.0384. The first-order valence-electron chi connectivity index (χ1n) is 7.18. The molecule has 3 nitrogen and oxygen atoms in total. The predicted molar refractivity (Wildman–Crippen MR) is 82.2 cm³/mol. The lowest BCUT2D eigenvalue weighted by Gasteiger charge is -2.27. The highest BCUT2D eigenvalue weighted by atomic mass is 32.1. The minimum atomic E-state index is -2.52. The van der Waals surface area contributed by atoms with Crippen LogP contribution in [0.2, 0.25) is 0 Å². The number of primary amides is 1. The van der Waals surface area contributed by atoms with Crippen LogP contribution in [0.4, 0.5) is 8.78 Å². The van der Waals surface area contributed by atoms with Crippen molar-refractivity contribution in [3.05, 3.63) is 40.9 Å². The molecule has 1 aromatic carbocycles. The van der Waals surface area contributed by atoms with Gasteiger partial charge >= 0.3 is 0 Å². The highest BCUT2D eigenvalue weighted by Crippen LogP contribution is 2.41. The molecular formula is C16H16F2N2OS. The molecule has 1 saturated carbocycles. The maximum Gasteiger partial charge on any atom is 0.248 e. The summed E-state index contributed by atoms with van der Waals surface area (Å²) in [6.45, 7) is 0. The van der Waals surface area contributed by atoms with Crippen LogP contribution in [0.5, 0.6) is 0 Å². The van der Waals surface area contributed by atoms with Crippen molar-refractivity contribution in [3.8, 4) is 10.6 Å². The van der Waals surface area contributed by atoms with Gasteiger partial charge in [-0.2, -0.15) is 0 Å². The quantitative estimate of drug-likeness (QED) is 0.920. The maximum atomic E-state index is 13.2. The first kappa shape index (κ1) is 15.1. The smallest absolute Gasteiger partial charge is 0.248 e. The largest absolute Gasteiger partial charge is 0.366 e. The van der Waals surface area contributed by atoms with Gasteiger partial charge in [-0.05, 0) is 25.0 Å². The van der Waals surface area contributed by atoms with E-state index in [0.29, 0.717) is 18.4 Å². The Morgan fingerprint density at radius 2 is 2.05 bits per heavy atom. The van der Waals surface area contributed by atoms with E-state index in [0.717, 1.165) is 16.3 Å². The molecule has 1 heterocycles. The second kappa shape index (κ2) is 5.76. The topological polar surface area (TPSA) is 56.0 Å². The van der Waals surface area contributed by atoms with Crippen molar-refractivity contribution in [2.24, 2.45) is 5.73 Å². The summed E-state index contributed by atoms with van der Waals surface area (Å²) in [5, 5.41) is 2.72. The van der Waals surface area contributed by atoms with E-state index in [1.165, 1.54) is 11.3 Å². The van der Waals surface area contributed by atoms with Gasteiger partial charge in [-0.15, -0.1) is 11.3 Å². The lowest BCUT2D eigenvalue weighted by Crippen LogP contribution is -2.23. The van der Waals surface area contributed by atoms with Crippen LogP contribution in [0.3, 0.4) is 0 Å². The average molecular weight is 322 g/mol. The molecule has 1 aromatic heterocycles. The molecule has 0 bridgehead atoms. The molecule has 6 heteroatoms. The monoisotopic (exact) mass is 322 g/mol. The van der Waals surface area contributed by atoms with Gasteiger partial charge in [0.15, 0.2) is 0 Å². The molecule has 1 fully saturated rings. The highest BCUT2D eigenvalue weighted by molar-refractivity contribution is 7.13. The lowest BCUT2D eigenvalue weighted by atomic mass is 9.85. The van der Waals surface area contributed by atoms with E-state index in [1.807, 2.05) is 11.4 Å². The van der Waals surface area contributed by atoms with Crippen molar-refractivity contribution >= 4 is 17.2 Å². The fourth-order valence-corrected chi connectivity index (χ4v) is 3.65. The number of nitrogens with zero attached hydrogens (tertiary/aromatic N) is 1. The Labute approximate surface area is 131 Å². The number of thiazole rings is 1. The molecule has 0 spiro atoms. The van der Waals surface area contributed by atoms with E-state index >= 15 is 0 Å². The van der Waals surface area contributed by atoms with Crippen LogP contribution in [0.25, 0.3) is 10.6 Å². The number of hydrogen-bond acceptors (Lipinski definition) is 3. The third-order valence-electron chi connectivity index (χ3n) is 4.05. The summed E-state index contributed by atoms with van der Waals surface area (Å²) in [4.78, 5) is 15.8. The number of nitrogens with two attached hydrogens (primary N) is 1. The van der Waals surface area contributed by atoms with Gasteiger partial charge in [0.05, 0.1) is 5.69 Å². The van der Waals surface area contributed by atoms with Gasteiger partial charge in [0, 0.05) is 35.3 Å². The minimum Gasteiger partial charge on any atom is -0.366 e. The number of carbonyl (C=O) groups is 1. The number of benzene rings is 1. The standard InChI is InChI=1S/C16H16F2N2OS/c17-16(18)6-4-10(5-7-16)13-9-22-15(20-13)12-3-1-2-11(8-12)14(19)21/h1-3,8-10H,4-7H2,(H2,19,21). The number of alkyl halides is 2. The van der Waals surface area contributed by atoms with Crippen LogP contribution < -0.4 is 5.73 Å². The molecule has 0 aliphatic heterocycles. The Balaban J connectivity index is 1.79. The third kappa shape index (κ3) is 3.16. The van der Waals surface area contributed by atoms with Gasteiger partial charge in [-0.3, -0.25) is 4.79 Å². The van der Waals surface area contributed by atoms with Crippen molar-refractivity contribution in [3.63, 3.8) is 0 Å². The molecule has 0 radical (unpaired) electrons. The molecule has 2 aromatic rings. The van der Waals surface area contributed by atoms with E-state index in [2.05, 4.69) is 4.98 Å². The summed E-state index contributed by atoms with van der Waals surface area (Å²) in [7, 11) is 0. The fraction of sp³-hybridized carbons (Fsp3) is 0.375. The number of hydrogen-bond donors (Lipinski definition) is 1. The van der Waals surface area contributed by atoms with Crippen LogP contribution in [0.1, 0.15) is 47.7 Å². The Hall–Kier alpha value is -1.82. The first-order chi connectivity index (χ1) is 10.4. The number of halogens is 2. The van der Waals surface area contributed by atoms with Crippen molar-refractivity contribution in [1.29, 1.82) is 0 Å². The zero-order chi connectivity index (χ0) is 15.7. The molecule has 1 aliphatic rings. The molecule has 3 rings (SSSR count). The number of carbonyl (C=O) groups excluding carboxylic acids is 1. The van der Waals surface area contributed by atoms with Gasteiger partial charge in [-0.1, -0.05) is 12.1 Å². The van der Waals surface area contributed by atoms with Gasteiger partial charge in [0.25, 0.3) is 0 Å². The van der Waals surface area contributed by atoms with Gasteiger partial charge < -0.3 is 5.73 Å². The van der Waals surface area contributed by atoms with Crippen LogP contribution in [0, 0.1) is 0 Å². The van der Waals surface area contributed by atoms with Crippen LogP contribution in [0.15, 0.2) is 29.6 Å². The van der Waals surface area contributed by atoms with Crippen LogP contribution in [-0.4, -0.2) is 16.8 Å². The Morgan fingerprint density at radius 1 is 1.32 bits per heavy atom. The van der Waals surface area contributed by atoms with Gasteiger partial charge in [-0.25, -0.2) is 13.8 Å².